The van der Waals surface area contributed by atoms with E-state index in [1.54, 1.807) is 55.6 Å². The van der Waals surface area contributed by atoms with E-state index in [2.05, 4.69) is 10.6 Å². The molecule has 0 fully saturated rings. The molecule has 0 aliphatic carbocycles. The van der Waals surface area contributed by atoms with Crippen LogP contribution in [0.4, 0.5) is 4.79 Å². The summed E-state index contributed by atoms with van der Waals surface area (Å²) in [6.07, 6.45) is -1.21. The van der Waals surface area contributed by atoms with Crippen molar-refractivity contribution in [2.24, 2.45) is 0 Å². The van der Waals surface area contributed by atoms with Gasteiger partial charge in [0.15, 0.2) is 0 Å². The van der Waals surface area contributed by atoms with E-state index in [1.165, 1.54) is 11.3 Å². The Labute approximate surface area is 143 Å². The molecule has 2 rings (SSSR count). The molecule has 2 N–H and O–H groups in total. The predicted molar refractivity (Wildman–Crippen MR) is 90.9 cm³/mol. The summed E-state index contributed by atoms with van der Waals surface area (Å²) < 4.78 is 5.38. The molecule has 6 nitrogen and oxygen atoms in total. The van der Waals surface area contributed by atoms with Crippen LogP contribution in [0.2, 0.25) is 0 Å². The number of carbonyl (C=O) groups excluding carboxylic acids is 3. The maximum absolute atomic E-state index is 12.4. The number of hydrogen-bond acceptors (Lipinski definition) is 5. The molecule has 0 aliphatic rings. The molecular formula is C17H18N2O4S. The zero-order valence-electron chi connectivity index (χ0n) is 13.4. The van der Waals surface area contributed by atoms with Crippen molar-refractivity contribution < 1.29 is 19.1 Å². The Morgan fingerprint density at radius 3 is 2.46 bits per heavy atom. The van der Waals surface area contributed by atoms with E-state index in [-0.39, 0.29) is 0 Å². The molecule has 2 aromatic rings. The number of esters is 1. The number of nitrogens with one attached hydrogen (secondary N) is 2. The highest BCUT2D eigenvalue weighted by Gasteiger charge is 2.27. The lowest BCUT2D eigenvalue weighted by Crippen LogP contribution is -2.42. The summed E-state index contributed by atoms with van der Waals surface area (Å²) in [6.45, 7) is 3.90. The molecule has 24 heavy (non-hydrogen) atoms. The average molecular weight is 346 g/mol. The monoisotopic (exact) mass is 346 g/mol. The van der Waals surface area contributed by atoms with Gasteiger partial charge in [-0.3, -0.25) is 10.1 Å². The molecule has 0 saturated carbocycles. The number of carbonyl (C=O) groups is 3. The maximum Gasteiger partial charge on any atom is 0.349 e. The highest BCUT2D eigenvalue weighted by Crippen LogP contribution is 2.23. The summed E-state index contributed by atoms with van der Waals surface area (Å²) in [4.78, 5) is 36.7. The number of benzene rings is 1. The lowest BCUT2D eigenvalue weighted by atomic mass is 10.1. The fraction of sp³-hybridized carbons (Fsp3) is 0.235. The second kappa shape index (κ2) is 8.26. The third kappa shape index (κ3) is 4.42. The molecule has 1 aromatic heterocycles. The number of rotatable bonds is 5. The summed E-state index contributed by atoms with van der Waals surface area (Å²) in [5.41, 5.74) is 1.27. The fourth-order valence-electron chi connectivity index (χ4n) is 2.03. The standard InChI is InChI=1S/C17H18N2O4S/c1-3-18-17(22)19-15(20)13(12-7-5-4-6-8-12)23-16(21)14-11(2)9-10-24-14/h4-10,13H,3H2,1-2H3,(H2,18,19,20,22)/t13-/m1/s1. The summed E-state index contributed by atoms with van der Waals surface area (Å²) in [5, 5.41) is 6.42. The molecule has 0 spiro atoms. The van der Waals surface area contributed by atoms with Crippen molar-refractivity contribution in [2.75, 3.05) is 6.54 Å². The normalized spacial score (nSPS) is 11.4. The molecule has 7 heteroatoms. The van der Waals surface area contributed by atoms with E-state index in [0.29, 0.717) is 17.0 Å². The maximum atomic E-state index is 12.4. The molecule has 0 radical (unpaired) electrons. The molecule has 3 amide bonds. The number of thiophene rings is 1. The second-order valence-corrected chi connectivity index (χ2v) is 5.89. The van der Waals surface area contributed by atoms with Crippen LogP contribution in [0.25, 0.3) is 0 Å². The lowest BCUT2D eigenvalue weighted by Gasteiger charge is -2.17. The molecule has 0 saturated heterocycles. The number of hydrogen-bond donors (Lipinski definition) is 2. The van der Waals surface area contributed by atoms with Crippen LogP contribution < -0.4 is 10.6 Å². The van der Waals surface area contributed by atoms with Crippen molar-refractivity contribution in [3.8, 4) is 0 Å². The van der Waals surface area contributed by atoms with Crippen molar-refractivity contribution >= 4 is 29.2 Å². The van der Waals surface area contributed by atoms with Crippen molar-refractivity contribution in [1.82, 2.24) is 10.6 Å². The first-order valence-corrected chi connectivity index (χ1v) is 8.29. The third-order valence-electron chi connectivity index (χ3n) is 3.19. The first-order valence-electron chi connectivity index (χ1n) is 7.41. The first-order chi connectivity index (χ1) is 11.5. The van der Waals surface area contributed by atoms with Crippen LogP contribution in [-0.4, -0.2) is 24.5 Å². The van der Waals surface area contributed by atoms with E-state index in [1.807, 2.05) is 0 Å². The van der Waals surface area contributed by atoms with Crippen LogP contribution in [0.3, 0.4) is 0 Å². The van der Waals surface area contributed by atoms with E-state index >= 15 is 0 Å². The summed E-state index contributed by atoms with van der Waals surface area (Å²) >= 11 is 1.24. The molecule has 126 valence electrons. The molecule has 1 heterocycles. The van der Waals surface area contributed by atoms with Gasteiger partial charge in [-0.05, 0) is 30.9 Å². The zero-order valence-corrected chi connectivity index (χ0v) is 14.2. The van der Waals surface area contributed by atoms with Crippen LogP contribution >= 0.6 is 11.3 Å². The quantitative estimate of drug-likeness (QED) is 0.815. The summed E-state index contributed by atoms with van der Waals surface area (Å²) in [6, 6.07) is 9.73. The van der Waals surface area contributed by atoms with Gasteiger partial charge in [0.25, 0.3) is 5.91 Å². The van der Waals surface area contributed by atoms with Gasteiger partial charge in [0.05, 0.1) is 0 Å². The van der Waals surface area contributed by atoms with Gasteiger partial charge in [-0.2, -0.15) is 0 Å². The molecule has 0 bridgehead atoms. The summed E-state index contributed by atoms with van der Waals surface area (Å²) in [5.74, 6) is -1.29. The third-order valence-corrected chi connectivity index (χ3v) is 4.18. The second-order valence-electron chi connectivity index (χ2n) is 4.98. The molecule has 0 aliphatic heterocycles. The van der Waals surface area contributed by atoms with Gasteiger partial charge in [-0.15, -0.1) is 11.3 Å². The Balaban J connectivity index is 2.20. The Morgan fingerprint density at radius 2 is 1.88 bits per heavy atom. The van der Waals surface area contributed by atoms with E-state index in [0.717, 1.165) is 5.56 Å². The smallest absolute Gasteiger partial charge is 0.349 e. The average Bonchev–Trinajstić information content (AvgIpc) is 2.99. The lowest BCUT2D eigenvalue weighted by molar-refractivity contribution is -0.129. The minimum atomic E-state index is -1.21. The Kier molecular flexibility index (Phi) is 6.08. The Morgan fingerprint density at radius 1 is 1.17 bits per heavy atom. The van der Waals surface area contributed by atoms with Crippen LogP contribution in [0, 0.1) is 6.92 Å². The van der Waals surface area contributed by atoms with Crippen molar-refractivity contribution in [3.05, 3.63) is 57.8 Å². The van der Waals surface area contributed by atoms with Gasteiger partial charge in [-0.1, -0.05) is 30.3 Å². The van der Waals surface area contributed by atoms with Gasteiger partial charge in [0.1, 0.15) is 4.88 Å². The predicted octanol–water partition coefficient (Wildman–Crippen LogP) is 2.80. The number of urea groups is 1. The van der Waals surface area contributed by atoms with Crippen molar-refractivity contribution in [3.63, 3.8) is 0 Å². The van der Waals surface area contributed by atoms with Gasteiger partial charge in [0, 0.05) is 12.1 Å². The van der Waals surface area contributed by atoms with E-state index in [4.69, 9.17) is 4.74 Å². The highest BCUT2D eigenvalue weighted by molar-refractivity contribution is 7.12. The van der Waals surface area contributed by atoms with Crippen LogP contribution in [0.5, 0.6) is 0 Å². The highest BCUT2D eigenvalue weighted by atomic mass is 32.1. The van der Waals surface area contributed by atoms with Crippen molar-refractivity contribution in [1.29, 1.82) is 0 Å². The number of ether oxygens (including phenoxy) is 1. The number of amides is 3. The SMILES string of the molecule is CCNC(=O)NC(=O)[C@H](OC(=O)c1sccc1C)c1ccccc1. The number of aryl methyl sites for hydroxylation is 1. The molecule has 1 atom stereocenters. The van der Waals surface area contributed by atoms with Gasteiger partial charge in [-0.25, -0.2) is 9.59 Å². The van der Waals surface area contributed by atoms with E-state index < -0.39 is 24.0 Å². The van der Waals surface area contributed by atoms with Crippen LogP contribution in [-0.2, 0) is 9.53 Å². The largest absolute Gasteiger partial charge is 0.443 e. The zero-order chi connectivity index (χ0) is 17.5. The fourth-order valence-corrected chi connectivity index (χ4v) is 2.83. The summed E-state index contributed by atoms with van der Waals surface area (Å²) in [7, 11) is 0. The Bertz CT molecular complexity index is 727. The van der Waals surface area contributed by atoms with Gasteiger partial charge in [0.2, 0.25) is 6.10 Å². The van der Waals surface area contributed by atoms with Gasteiger partial charge >= 0.3 is 12.0 Å². The minimum absolute atomic E-state index is 0.378. The minimum Gasteiger partial charge on any atom is -0.443 e. The molecular weight excluding hydrogens is 328 g/mol. The van der Waals surface area contributed by atoms with Gasteiger partial charge < -0.3 is 10.1 Å². The molecule has 0 unspecified atom stereocenters. The molecule has 1 aromatic carbocycles. The van der Waals surface area contributed by atoms with E-state index in [9.17, 15) is 14.4 Å². The Hall–Kier alpha value is -2.67. The van der Waals surface area contributed by atoms with Crippen molar-refractivity contribution in [2.45, 2.75) is 20.0 Å². The van der Waals surface area contributed by atoms with Crippen LogP contribution in [0.15, 0.2) is 41.8 Å². The topological polar surface area (TPSA) is 84.5 Å². The first kappa shape index (κ1) is 17.7. The number of imide groups is 1. The van der Waals surface area contributed by atoms with Crippen LogP contribution in [0.1, 0.15) is 33.8 Å².